The van der Waals surface area contributed by atoms with Crippen molar-refractivity contribution >= 4 is 27.3 Å². The van der Waals surface area contributed by atoms with Crippen molar-refractivity contribution in [1.29, 1.82) is 0 Å². The normalized spacial score (nSPS) is 12.0. The summed E-state index contributed by atoms with van der Waals surface area (Å²) in [5.41, 5.74) is -1.45. The molecule has 0 aromatic heterocycles. The van der Waals surface area contributed by atoms with Crippen molar-refractivity contribution in [2.75, 3.05) is 43.1 Å². The van der Waals surface area contributed by atoms with Crippen LogP contribution in [0.2, 0.25) is 0 Å². The van der Waals surface area contributed by atoms with Crippen LogP contribution in [-0.4, -0.2) is 47.4 Å². The standard InChI is InChI=1S/C13H18F3N3O4S/c1-23-6-5-17-8-12(20)18-11-7-9(13(14,15)16)3-4-10(11)19-24(2,21)22/h3-4,7,17,19H,5-6,8H2,1-2H3,(H,18,20). The smallest absolute Gasteiger partial charge is 0.383 e. The summed E-state index contributed by atoms with van der Waals surface area (Å²) >= 11 is 0. The average molecular weight is 369 g/mol. The van der Waals surface area contributed by atoms with Gasteiger partial charge in [0.15, 0.2) is 0 Å². The van der Waals surface area contributed by atoms with Gasteiger partial charge in [0.05, 0.1) is 36.3 Å². The molecule has 0 heterocycles. The molecular weight excluding hydrogens is 351 g/mol. The van der Waals surface area contributed by atoms with Crippen molar-refractivity contribution < 1.29 is 31.1 Å². The van der Waals surface area contributed by atoms with E-state index in [-0.39, 0.29) is 17.9 Å². The Morgan fingerprint density at radius 3 is 2.46 bits per heavy atom. The monoisotopic (exact) mass is 369 g/mol. The Morgan fingerprint density at radius 1 is 1.25 bits per heavy atom. The second-order valence-electron chi connectivity index (χ2n) is 4.85. The van der Waals surface area contributed by atoms with Gasteiger partial charge < -0.3 is 15.4 Å². The third kappa shape index (κ3) is 7.15. The van der Waals surface area contributed by atoms with E-state index in [1.54, 1.807) is 0 Å². The third-order valence-corrected chi connectivity index (χ3v) is 3.28. The first-order chi connectivity index (χ1) is 11.0. The Kier molecular flexibility index (Phi) is 6.99. The maximum Gasteiger partial charge on any atom is 0.416 e. The Bertz CT molecular complexity index is 678. The molecule has 1 aromatic rings. The number of benzene rings is 1. The first-order valence-electron chi connectivity index (χ1n) is 6.71. The van der Waals surface area contributed by atoms with Gasteiger partial charge in [-0.3, -0.25) is 9.52 Å². The fraction of sp³-hybridized carbons (Fsp3) is 0.462. The minimum absolute atomic E-state index is 0.157. The van der Waals surface area contributed by atoms with E-state index < -0.39 is 27.7 Å². The van der Waals surface area contributed by atoms with Gasteiger partial charge >= 0.3 is 6.18 Å². The molecule has 0 bridgehead atoms. The summed E-state index contributed by atoms with van der Waals surface area (Å²) in [7, 11) is -2.24. The molecule has 0 spiro atoms. The van der Waals surface area contributed by atoms with Gasteiger partial charge in [-0.1, -0.05) is 0 Å². The molecule has 0 aliphatic carbocycles. The van der Waals surface area contributed by atoms with E-state index in [0.29, 0.717) is 19.2 Å². The minimum atomic E-state index is -4.63. The summed E-state index contributed by atoms with van der Waals surface area (Å²) in [6.45, 7) is 0.566. The lowest BCUT2D eigenvalue weighted by molar-refractivity contribution is -0.137. The number of hydrogen-bond donors (Lipinski definition) is 3. The average Bonchev–Trinajstić information content (AvgIpc) is 2.43. The Hall–Kier alpha value is -1.85. The Balaban J connectivity index is 2.96. The molecule has 0 fully saturated rings. The van der Waals surface area contributed by atoms with Crippen LogP contribution in [0.1, 0.15) is 5.56 Å². The van der Waals surface area contributed by atoms with E-state index in [2.05, 4.69) is 15.4 Å². The number of halogens is 3. The Morgan fingerprint density at radius 2 is 1.92 bits per heavy atom. The highest BCUT2D eigenvalue weighted by atomic mass is 32.2. The number of carbonyl (C=O) groups is 1. The van der Waals surface area contributed by atoms with Crippen molar-refractivity contribution in [3.05, 3.63) is 23.8 Å². The maximum atomic E-state index is 12.8. The molecule has 3 N–H and O–H groups in total. The summed E-state index contributed by atoms with van der Waals surface area (Å²) in [6, 6.07) is 2.33. The number of amides is 1. The van der Waals surface area contributed by atoms with Crippen molar-refractivity contribution in [2.24, 2.45) is 0 Å². The first-order valence-corrected chi connectivity index (χ1v) is 8.60. The second-order valence-corrected chi connectivity index (χ2v) is 6.60. The fourth-order valence-corrected chi connectivity index (χ4v) is 2.26. The van der Waals surface area contributed by atoms with Crippen LogP contribution >= 0.6 is 0 Å². The summed E-state index contributed by atoms with van der Waals surface area (Å²) in [6.07, 6.45) is -3.78. The van der Waals surface area contributed by atoms with Crippen LogP contribution in [0.3, 0.4) is 0 Å². The lowest BCUT2D eigenvalue weighted by atomic mass is 10.1. The largest absolute Gasteiger partial charge is 0.416 e. The predicted octanol–water partition coefficient (Wildman–Crippen LogP) is 1.25. The van der Waals surface area contributed by atoms with E-state index in [9.17, 15) is 26.4 Å². The molecule has 1 amide bonds. The molecule has 7 nitrogen and oxygen atoms in total. The molecule has 1 aromatic carbocycles. The zero-order valence-corrected chi connectivity index (χ0v) is 13.8. The van der Waals surface area contributed by atoms with Crippen LogP contribution < -0.4 is 15.4 Å². The van der Waals surface area contributed by atoms with Gasteiger partial charge in [-0.25, -0.2) is 8.42 Å². The van der Waals surface area contributed by atoms with Crippen LogP contribution in [0.25, 0.3) is 0 Å². The quantitative estimate of drug-likeness (QED) is 0.600. The number of rotatable bonds is 8. The SMILES string of the molecule is COCCNCC(=O)Nc1cc(C(F)(F)F)ccc1NS(C)(=O)=O. The number of carbonyl (C=O) groups excluding carboxylic acids is 1. The van der Waals surface area contributed by atoms with Gasteiger partial charge in [0.25, 0.3) is 0 Å². The van der Waals surface area contributed by atoms with E-state index in [1.807, 2.05) is 0 Å². The van der Waals surface area contributed by atoms with Gasteiger partial charge in [0, 0.05) is 13.7 Å². The molecule has 0 aliphatic heterocycles. The van der Waals surface area contributed by atoms with Crippen molar-refractivity contribution in [1.82, 2.24) is 5.32 Å². The van der Waals surface area contributed by atoms with Crippen LogP contribution in [-0.2, 0) is 25.7 Å². The lowest BCUT2D eigenvalue weighted by Crippen LogP contribution is -2.30. The molecule has 0 aliphatic rings. The molecule has 136 valence electrons. The maximum absolute atomic E-state index is 12.8. The number of ether oxygens (including phenoxy) is 1. The fourth-order valence-electron chi connectivity index (χ4n) is 1.68. The molecule has 0 unspecified atom stereocenters. The van der Waals surface area contributed by atoms with E-state index in [1.165, 1.54) is 7.11 Å². The highest BCUT2D eigenvalue weighted by Crippen LogP contribution is 2.34. The van der Waals surface area contributed by atoms with Gasteiger partial charge in [0.2, 0.25) is 15.9 Å². The zero-order valence-electron chi connectivity index (χ0n) is 13.0. The van der Waals surface area contributed by atoms with E-state index in [0.717, 1.165) is 18.4 Å². The number of anilines is 2. The van der Waals surface area contributed by atoms with Crippen molar-refractivity contribution in [3.8, 4) is 0 Å². The summed E-state index contributed by atoms with van der Waals surface area (Å²) in [5, 5.41) is 4.97. The first kappa shape index (κ1) is 20.2. The van der Waals surface area contributed by atoms with Gasteiger partial charge in [-0.15, -0.1) is 0 Å². The zero-order chi connectivity index (χ0) is 18.4. The van der Waals surface area contributed by atoms with Crippen LogP contribution in [0, 0.1) is 0 Å². The summed E-state index contributed by atoms with van der Waals surface area (Å²) < 4.78 is 67.8. The van der Waals surface area contributed by atoms with Gasteiger partial charge in [-0.05, 0) is 18.2 Å². The van der Waals surface area contributed by atoms with E-state index >= 15 is 0 Å². The summed E-state index contributed by atoms with van der Waals surface area (Å²) in [4.78, 5) is 11.8. The number of alkyl halides is 3. The van der Waals surface area contributed by atoms with Crippen LogP contribution in [0.5, 0.6) is 0 Å². The number of hydrogen-bond acceptors (Lipinski definition) is 5. The molecule has 0 radical (unpaired) electrons. The minimum Gasteiger partial charge on any atom is -0.383 e. The second kappa shape index (κ2) is 8.31. The lowest BCUT2D eigenvalue weighted by Gasteiger charge is -2.15. The molecule has 24 heavy (non-hydrogen) atoms. The molecular formula is C13H18F3N3O4S. The van der Waals surface area contributed by atoms with Gasteiger partial charge in [-0.2, -0.15) is 13.2 Å². The Labute approximate surface area is 137 Å². The van der Waals surface area contributed by atoms with Gasteiger partial charge in [0.1, 0.15) is 0 Å². The van der Waals surface area contributed by atoms with Crippen LogP contribution in [0.15, 0.2) is 18.2 Å². The predicted molar refractivity (Wildman–Crippen MR) is 83.3 cm³/mol. The molecule has 0 atom stereocenters. The van der Waals surface area contributed by atoms with Crippen molar-refractivity contribution in [2.45, 2.75) is 6.18 Å². The van der Waals surface area contributed by atoms with Crippen LogP contribution in [0.4, 0.5) is 24.5 Å². The topological polar surface area (TPSA) is 96.5 Å². The third-order valence-electron chi connectivity index (χ3n) is 2.68. The highest BCUT2D eigenvalue weighted by Gasteiger charge is 2.31. The number of methoxy groups -OCH3 is 1. The summed E-state index contributed by atoms with van der Waals surface area (Å²) in [5.74, 6) is -0.623. The molecule has 0 saturated heterocycles. The number of sulfonamides is 1. The molecule has 0 saturated carbocycles. The van der Waals surface area contributed by atoms with Crippen molar-refractivity contribution in [3.63, 3.8) is 0 Å². The molecule has 1 rings (SSSR count). The molecule has 11 heteroatoms. The highest BCUT2D eigenvalue weighted by molar-refractivity contribution is 7.92. The number of nitrogens with one attached hydrogen (secondary N) is 3. The van der Waals surface area contributed by atoms with E-state index in [4.69, 9.17) is 4.74 Å².